The highest BCUT2D eigenvalue weighted by atomic mass is 16.5. The molecule has 0 bridgehead atoms. The summed E-state index contributed by atoms with van der Waals surface area (Å²) in [7, 11) is 0. The molecule has 1 N–H and O–H groups in total. The van der Waals surface area contributed by atoms with Gasteiger partial charge in [0.25, 0.3) is 0 Å². The van der Waals surface area contributed by atoms with E-state index in [1.54, 1.807) is 0 Å². The van der Waals surface area contributed by atoms with E-state index in [0.717, 1.165) is 17.0 Å². The van der Waals surface area contributed by atoms with Crippen molar-refractivity contribution in [2.24, 2.45) is 5.92 Å². The number of benzene rings is 2. The fourth-order valence-corrected chi connectivity index (χ4v) is 3.18. The van der Waals surface area contributed by atoms with Crippen molar-refractivity contribution in [3.63, 3.8) is 0 Å². The van der Waals surface area contributed by atoms with Crippen LogP contribution in [0.5, 0.6) is 5.75 Å². The minimum absolute atomic E-state index is 0.0241. The Bertz CT molecular complexity index is 742. The maximum atomic E-state index is 12.2. The van der Waals surface area contributed by atoms with Gasteiger partial charge in [-0.25, -0.2) is 0 Å². The van der Waals surface area contributed by atoms with Gasteiger partial charge >= 0.3 is 5.97 Å². The van der Waals surface area contributed by atoms with Gasteiger partial charge in [0, 0.05) is 18.0 Å². The molecular formula is C21H23NO4. The highest BCUT2D eigenvalue weighted by Crippen LogP contribution is 2.38. The zero-order valence-corrected chi connectivity index (χ0v) is 14.8. The number of carbonyl (C=O) groups is 2. The third kappa shape index (κ3) is 4.63. The highest BCUT2D eigenvalue weighted by molar-refractivity contribution is 5.90. The molecule has 5 nitrogen and oxygen atoms in total. The first-order valence-electron chi connectivity index (χ1n) is 8.93. The second-order valence-electron chi connectivity index (χ2n) is 6.33. The summed E-state index contributed by atoms with van der Waals surface area (Å²) in [6.45, 7) is 2.53. The lowest BCUT2D eigenvalue weighted by molar-refractivity contribution is -0.141. The van der Waals surface area contributed by atoms with Crippen molar-refractivity contribution in [3.8, 4) is 5.75 Å². The maximum absolute atomic E-state index is 12.2. The smallest absolute Gasteiger partial charge is 0.306 e. The van der Waals surface area contributed by atoms with Gasteiger partial charge in [-0.15, -0.1) is 0 Å². The van der Waals surface area contributed by atoms with E-state index < -0.39 is 0 Å². The van der Waals surface area contributed by atoms with Crippen molar-refractivity contribution in [2.45, 2.75) is 32.3 Å². The monoisotopic (exact) mass is 353 g/mol. The first-order valence-corrected chi connectivity index (χ1v) is 8.93. The molecule has 1 heterocycles. The third-order valence-corrected chi connectivity index (χ3v) is 4.43. The lowest BCUT2D eigenvalue weighted by Crippen LogP contribution is -2.15. The molecule has 2 aromatic rings. The number of anilines is 1. The summed E-state index contributed by atoms with van der Waals surface area (Å²) in [6, 6.07) is 17.0. The van der Waals surface area contributed by atoms with Gasteiger partial charge in [0.2, 0.25) is 5.91 Å². The van der Waals surface area contributed by atoms with Crippen LogP contribution >= 0.6 is 0 Å². The van der Waals surface area contributed by atoms with E-state index in [4.69, 9.17) is 9.47 Å². The minimum Gasteiger partial charge on any atom is -0.494 e. The molecule has 2 aromatic carbocycles. The molecule has 3 rings (SSSR count). The van der Waals surface area contributed by atoms with Gasteiger partial charge in [-0.1, -0.05) is 30.3 Å². The third-order valence-electron chi connectivity index (χ3n) is 4.43. The predicted molar refractivity (Wildman–Crippen MR) is 98.9 cm³/mol. The Labute approximate surface area is 153 Å². The van der Waals surface area contributed by atoms with E-state index in [9.17, 15) is 9.59 Å². The molecule has 0 aliphatic carbocycles. The molecule has 1 aliphatic rings. The fraction of sp³-hybridized carbons (Fsp3) is 0.333. The number of cyclic esters (lactones) is 1. The highest BCUT2D eigenvalue weighted by Gasteiger charge is 2.35. The number of hydrogen-bond donors (Lipinski definition) is 1. The quantitative estimate of drug-likeness (QED) is 0.761. The lowest BCUT2D eigenvalue weighted by Gasteiger charge is -2.17. The second-order valence-corrected chi connectivity index (χ2v) is 6.33. The zero-order valence-electron chi connectivity index (χ0n) is 14.8. The van der Waals surface area contributed by atoms with E-state index >= 15 is 0 Å². The second kappa shape index (κ2) is 8.52. The summed E-state index contributed by atoms with van der Waals surface area (Å²) in [4.78, 5) is 24.0. The maximum Gasteiger partial charge on any atom is 0.306 e. The Hall–Kier alpha value is -2.82. The Morgan fingerprint density at radius 2 is 1.88 bits per heavy atom. The Kier molecular flexibility index (Phi) is 5.89. The molecule has 0 radical (unpaired) electrons. The van der Waals surface area contributed by atoms with Crippen LogP contribution in [-0.4, -0.2) is 18.5 Å². The molecule has 0 saturated carbocycles. The Morgan fingerprint density at radius 3 is 2.58 bits per heavy atom. The molecule has 2 atom stereocenters. The summed E-state index contributed by atoms with van der Waals surface area (Å²) in [5.74, 6) is 0.532. The first-order chi connectivity index (χ1) is 12.7. The van der Waals surface area contributed by atoms with Gasteiger partial charge in [-0.05, 0) is 43.2 Å². The van der Waals surface area contributed by atoms with E-state index in [1.165, 1.54) is 0 Å². The van der Waals surface area contributed by atoms with Crippen LogP contribution < -0.4 is 10.1 Å². The average molecular weight is 353 g/mol. The van der Waals surface area contributed by atoms with Crippen LogP contribution in [-0.2, 0) is 14.3 Å². The predicted octanol–water partition coefficient (Wildman–Crippen LogP) is 4.11. The topological polar surface area (TPSA) is 64.6 Å². The van der Waals surface area contributed by atoms with Crippen LogP contribution in [0.25, 0.3) is 0 Å². The van der Waals surface area contributed by atoms with Crippen LogP contribution in [0.15, 0.2) is 54.6 Å². The van der Waals surface area contributed by atoms with Gasteiger partial charge in [-0.2, -0.15) is 0 Å². The molecule has 1 amide bonds. The van der Waals surface area contributed by atoms with Crippen LogP contribution in [0.1, 0.15) is 37.9 Å². The number of ether oxygens (including phenoxy) is 2. The van der Waals surface area contributed by atoms with Crippen molar-refractivity contribution < 1.29 is 19.1 Å². The van der Waals surface area contributed by atoms with Crippen molar-refractivity contribution in [1.82, 2.24) is 0 Å². The summed E-state index contributed by atoms with van der Waals surface area (Å²) in [6.07, 6.45) is 1.05. The Balaban J connectivity index is 1.54. The van der Waals surface area contributed by atoms with E-state index in [2.05, 4.69) is 5.32 Å². The molecule has 1 saturated heterocycles. The zero-order chi connectivity index (χ0) is 18.4. The molecule has 0 aromatic heterocycles. The molecule has 1 fully saturated rings. The van der Waals surface area contributed by atoms with Gasteiger partial charge in [0.05, 0.1) is 13.0 Å². The SMILES string of the molecule is CCOc1ccc(NC(=O)CC[C@@H]2CC(=O)O[C@H]2c2ccccc2)cc1. The van der Waals surface area contributed by atoms with E-state index in [-0.39, 0.29) is 23.9 Å². The molecule has 0 unspecified atom stereocenters. The fourth-order valence-electron chi connectivity index (χ4n) is 3.18. The number of carbonyl (C=O) groups excluding carboxylic acids is 2. The molecule has 5 heteroatoms. The largest absolute Gasteiger partial charge is 0.494 e. The van der Waals surface area contributed by atoms with Crippen LogP contribution in [0.2, 0.25) is 0 Å². The summed E-state index contributed by atoms with van der Waals surface area (Å²) in [5.41, 5.74) is 1.71. The standard InChI is InChI=1S/C21H23NO4/c1-2-25-18-11-9-17(10-12-18)22-19(23)13-8-16-14-20(24)26-21(16)15-6-4-3-5-7-15/h3-7,9-12,16,21H,2,8,13-14H2,1H3,(H,22,23)/t16-,21+/m1/s1. The van der Waals surface area contributed by atoms with Crippen molar-refractivity contribution >= 4 is 17.6 Å². The van der Waals surface area contributed by atoms with Gasteiger partial charge < -0.3 is 14.8 Å². The first kappa shape index (κ1) is 18.0. The number of rotatable bonds is 7. The molecule has 1 aliphatic heterocycles. The van der Waals surface area contributed by atoms with Crippen LogP contribution in [0, 0.1) is 5.92 Å². The number of hydrogen-bond acceptors (Lipinski definition) is 4. The van der Waals surface area contributed by atoms with Gasteiger partial charge in [-0.3, -0.25) is 9.59 Å². The number of esters is 1. The summed E-state index contributed by atoms with van der Waals surface area (Å²) in [5, 5.41) is 2.88. The van der Waals surface area contributed by atoms with Crippen molar-refractivity contribution in [2.75, 3.05) is 11.9 Å². The van der Waals surface area contributed by atoms with Gasteiger partial charge in [0.1, 0.15) is 11.9 Å². The summed E-state index contributed by atoms with van der Waals surface area (Å²) < 4.78 is 10.8. The van der Waals surface area contributed by atoms with Crippen molar-refractivity contribution in [3.05, 3.63) is 60.2 Å². The molecule has 136 valence electrons. The normalized spacial score (nSPS) is 19.0. The Morgan fingerprint density at radius 1 is 1.15 bits per heavy atom. The van der Waals surface area contributed by atoms with Gasteiger partial charge in [0.15, 0.2) is 0 Å². The molecular weight excluding hydrogens is 330 g/mol. The minimum atomic E-state index is -0.262. The van der Waals surface area contributed by atoms with E-state index in [1.807, 2.05) is 61.5 Å². The van der Waals surface area contributed by atoms with Crippen LogP contribution in [0.3, 0.4) is 0 Å². The van der Waals surface area contributed by atoms with E-state index in [0.29, 0.717) is 25.9 Å². The number of amides is 1. The van der Waals surface area contributed by atoms with Crippen molar-refractivity contribution in [1.29, 1.82) is 0 Å². The average Bonchev–Trinajstić information content (AvgIpc) is 3.03. The molecule has 26 heavy (non-hydrogen) atoms. The molecule has 0 spiro atoms. The van der Waals surface area contributed by atoms with Crippen LogP contribution in [0.4, 0.5) is 5.69 Å². The number of nitrogens with one attached hydrogen (secondary N) is 1. The lowest BCUT2D eigenvalue weighted by atomic mass is 9.91. The summed E-state index contributed by atoms with van der Waals surface area (Å²) >= 11 is 0.